The maximum atomic E-state index is 13.3. The Labute approximate surface area is 224 Å². The van der Waals surface area contributed by atoms with E-state index < -0.39 is 54.5 Å². The first-order chi connectivity index (χ1) is 18.2. The molecular weight excluding hydrogens is 510 g/mol. The number of fused-ring (bicyclic) bond motifs is 1. The number of thiol groups is 1. The molecule has 0 aliphatic heterocycles. The van der Waals surface area contributed by atoms with Gasteiger partial charge in [-0.15, -0.1) is 0 Å². The standard InChI is InChI=1S/C26H31N5O6S/c27-18(13-32)23(33)31-22(14-38)25(35)29-20(10-15-6-2-1-3-7-15)24(34)30-21(26(36)37)11-16-12-28-19-9-5-4-8-17(16)19/h1-9,12,18,20-22,28,32,38H,10-11,13-14,27H2,(H,29,35)(H,30,34)(H,31,33)(H,36,37). The number of rotatable bonds is 13. The number of carboxylic acid groups (broad SMARTS) is 1. The molecule has 0 saturated heterocycles. The molecule has 0 spiro atoms. The topological polar surface area (TPSA) is 187 Å². The van der Waals surface area contributed by atoms with E-state index in [1.165, 1.54) is 0 Å². The number of amides is 3. The number of aliphatic hydroxyl groups is 1. The van der Waals surface area contributed by atoms with Crippen LogP contribution in [0.5, 0.6) is 0 Å². The summed E-state index contributed by atoms with van der Waals surface area (Å²) in [6, 6.07) is 11.5. The van der Waals surface area contributed by atoms with Gasteiger partial charge >= 0.3 is 5.97 Å². The zero-order valence-electron chi connectivity index (χ0n) is 20.5. The lowest BCUT2D eigenvalue weighted by atomic mass is 10.0. The van der Waals surface area contributed by atoms with Crippen LogP contribution in [0.2, 0.25) is 0 Å². The van der Waals surface area contributed by atoms with E-state index in [4.69, 9.17) is 10.8 Å². The lowest BCUT2D eigenvalue weighted by Gasteiger charge is -2.24. The number of nitrogens with two attached hydrogens (primary N) is 1. The van der Waals surface area contributed by atoms with Gasteiger partial charge < -0.3 is 36.9 Å². The number of aromatic amines is 1. The second-order valence-electron chi connectivity index (χ2n) is 8.75. The van der Waals surface area contributed by atoms with Gasteiger partial charge in [0, 0.05) is 35.7 Å². The minimum Gasteiger partial charge on any atom is -0.480 e. The highest BCUT2D eigenvalue weighted by atomic mass is 32.1. The fourth-order valence-electron chi connectivity index (χ4n) is 3.88. The van der Waals surface area contributed by atoms with Gasteiger partial charge in [0.2, 0.25) is 17.7 Å². The van der Waals surface area contributed by atoms with Crippen molar-refractivity contribution < 1.29 is 29.4 Å². The molecule has 0 bridgehead atoms. The van der Waals surface area contributed by atoms with Crippen molar-refractivity contribution in [1.29, 1.82) is 0 Å². The molecule has 1 heterocycles. The number of para-hydroxylation sites is 1. The number of nitrogens with one attached hydrogen (secondary N) is 4. The van der Waals surface area contributed by atoms with Gasteiger partial charge in [0.15, 0.2) is 0 Å². The predicted molar refractivity (Wildman–Crippen MR) is 144 cm³/mol. The maximum absolute atomic E-state index is 13.3. The molecule has 2 aromatic carbocycles. The Bertz CT molecular complexity index is 1270. The average Bonchev–Trinajstić information content (AvgIpc) is 3.33. The smallest absolute Gasteiger partial charge is 0.326 e. The van der Waals surface area contributed by atoms with Crippen molar-refractivity contribution in [2.24, 2.45) is 5.73 Å². The van der Waals surface area contributed by atoms with Crippen LogP contribution in [0.1, 0.15) is 11.1 Å². The molecule has 11 nitrogen and oxygen atoms in total. The van der Waals surface area contributed by atoms with Gasteiger partial charge in [-0.05, 0) is 17.2 Å². The Morgan fingerprint density at radius 3 is 2.11 bits per heavy atom. The second-order valence-corrected chi connectivity index (χ2v) is 9.11. The van der Waals surface area contributed by atoms with Crippen LogP contribution in [-0.4, -0.2) is 75.4 Å². The second kappa shape index (κ2) is 13.6. The SMILES string of the molecule is NC(CO)C(=O)NC(CS)C(=O)NC(Cc1ccccc1)C(=O)NC(Cc1c[nH]c2ccccc12)C(=O)O. The van der Waals surface area contributed by atoms with Gasteiger partial charge in [-0.3, -0.25) is 14.4 Å². The van der Waals surface area contributed by atoms with E-state index in [2.05, 4.69) is 33.6 Å². The van der Waals surface area contributed by atoms with Crippen LogP contribution >= 0.6 is 12.6 Å². The molecule has 12 heteroatoms. The van der Waals surface area contributed by atoms with Gasteiger partial charge in [0.1, 0.15) is 24.2 Å². The first kappa shape index (κ1) is 28.7. The summed E-state index contributed by atoms with van der Waals surface area (Å²) in [7, 11) is 0. The fourth-order valence-corrected chi connectivity index (χ4v) is 4.14. The van der Waals surface area contributed by atoms with Crippen LogP contribution in [-0.2, 0) is 32.0 Å². The van der Waals surface area contributed by atoms with Crippen LogP contribution in [0, 0.1) is 0 Å². The van der Waals surface area contributed by atoms with E-state index in [9.17, 15) is 24.3 Å². The van der Waals surface area contributed by atoms with Gasteiger partial charge in [0.25, 0.3) is 0 Å². The maximum Gasteiger partial charge on any atom is 0.326 e. The molecule has 1 aromatic heterocycles. The third-order valence-electron chi connectivity index (χ3n) is 5.98. The van der Waals surface area contributed by atoms with E-state index in [0.717, 1.165) is 22.0 Å². The normalized spacial score (nSPS) is 14.2. The molecule has 3 rings (SSSR count). The average molecular weight is 542 g/mol. The van der Waals surface area contributed by atoms with E-state index in [1.54, 1.807) is 36.5 Å². The van der Waals surface area contributed by atoms with Crippen molar-refractivity contribution in [3.8, 4) is 0 Å². The van der Waals surface area contributed by atoms with Crippen molar-refractivity contribution in [2.45, 2.75) is 37.0 Å². The number of H-pyrrole nitrogens is 1. The van der Waals surface area contributed by atoms with Crippen molar-refractivity contribution in [3.05, 3.63) is 71.9 Å². The van der Waals surface area contributed by atoms with Crippen molar-refractivity contribution >= 4 is 47.2 Å². The first-order valence-electron chi connectivity index (χ1n) is 11.9. The summed E-state index contributed by atoms with van der Waals surface area (Å²) in [5.74, 6) is -3.50. The fraction of sp³-hybridized carbons (Fsp3) is 0.308. The van der Waals surface area contributed by atoms with Crippen LogP contribution < -0.4 is 21.7 Å². The Hall–Kier alpha value is -3.87. The number of hydrogen-bond donors (Lipinski definition) is 8. The number of benzene rings is 2. The molecule has 38 heavy (non-hydrogen) atoms. The summed E-state index contributed by atoms with van der Waals surface area (Å²) in [5, 5.41) is 27.3. The Balaban J connectivity index is 1.78. The van der Waals surface area contributed by atoms with Crippen LogP contribution in [0.4, 0.5) is 0 Å². The lowest BCUT2D eigenvalue weighted by Crippen LogP contribution is -2.58. The summed E-state index contributed by atoms with van der Waals surface area (Å²) in [5.41, 5.74) is 7.79. The minimum atomic E-state index is -1.26. The number of hydrogen-bond acceptors (Lipinski definition) is 7. The van der Waals surface area contributed by atoms with Crippen molar-refractivity contribution in [1.82, 2.24) is 20.9 Å². The number of carbonyl (C=O) groups is 4. The monoisotopic (exact) mass is 541 g/mol. The third kappa shape index (κ3) is 7.57. The number of aliphatic carboxylic acids is 1. The number of carboxylic acids is 1. The van der Waals surface area contributed by atoms with E-state index in [1.807, 2.05) is 24.3 Å². The van der Waals surface area contributed by atoms with Crippen LogP contribution in [0.3, 0.4) is 0 Å². The molecule has 202 valence electrons. The lowest BCUT2D eigenvalue weighted by molar-refractivity contribution is -0.142. The van der Waals surface area contributed by atoms with Crippen LogP contribution in [0.15, 0.2) is 60.8 Å². The molecule has 4 unspecified atom stereocenters. The molecule has 0 radical (unpaired) electrons. The predicted octanol–water partition coefficient (Wildman–Crippen LogP) is -0.258. The molecule has 0 aliphatic carbocycles. The Kier molecular flexibility index (Phi) is 10.3. The number of aliphatic hydroxyl groups excluding tert-OH is 1. The molecule has 3 aromatic rings. The number of aromatic nitrogens is 1. The summed E-state index contributed by atoms with van der Waals surface area (Å²) in [4.78, 5) is 53.5. The van der Waals surface area contributed by atoms with Crippen molar-refractivity contribution in [2.75, 3.05) is 12.4 Å². The number of carbonyl (C=O) groups excluding carboxylic acids is 3. The molecular formula is C26H31N5O6S. The summed E-state index contributed by atoms with van der Waals surface area (Å²) >= 11 is 4.10. The molecule has 4 atom stereocenters. The van der Waals surface area contributed by atoms with Crippen molar-refractivity contribution in [3.63, 3.8) is 0 Å². The molecule has 3 amide bonds. The summed E-state index contributed by atoms with van der Waals surface area (Å²) < 4.78 is 0. The zero-order chi connectivity index (χ0) is 27.7. The highest BCUT2D eigenvalue weighted by molar-refractivity contribution is 7.80. The summed E-state index contributed by atoms with van der Waals surface area (Å²) in [6.45, 7) is -0.612. The van der Waals surface area contributed by atoms with E-state index in [-0.39, 0.29) is 18.6 Å². The van der Waals surface area contributed by atoms with Gasteiger partial charge in [-0.2, -0.15) is 12.6 Å². The Morgan fingerprint density at radius 1 is 0.842 bits per heavy atom. The Morgan fingerprint density at radius 2 is 1.45 bits per heavy atom. The largest absolute Gasteiger partial charge is 0.480 e. The quantitative estimate of drug-likeness (QED) is 0.137. The molecule has 0 fully saturated rings. The minimum absolute atomic E-state index is 0.0193. The molecule has 0 aliphatic rings. The van der Waals surface area contributed by atoms with Gasteiger partial charge in [-0.25, -0.2) is 4.79 Å². The molecule has 8 N–H and O–H groups in total. The summed E-state index contributed by atoms with van der Waals surface area (Å²) in [6.07, 6.45) is 1.79. The van der Waals surface area contributed by atoms with Crippen LogP contribution in [0.25, 0.3) is 10.9 Å². The van der Waals surface area contributed by atoms with E-state index >= 15 is 0 Å². The van der Waals surface area contributed by atoms with E-state index in [0.29, 0.717) is 0 Å². The van der Waals surface area contributed by atoms with Gasteiger partial charge in [-0.1, -0.05) is 48.5 Å². The third-order valence-corrected chi connectivity index (χ3v) is 6.34. The zero-order valence-corrected chi connectivity index (χ0v) is 21.4. The highest BCUT2D eigenvalue weighted by Crippen LogP contribution is 2.19. The first-order valence-corrected chi connectivity index (χ1v) is 12.6. The van der Waals surface area contributed by atoms with Gasteiger partial charge in [0.05, 0.1) is 6.61 Å². The molecule has 0 saturated carbocycles. The highest BCUT2D eigenvalue weighted by Gasteiger charge is 2.30.